The third kappa shape index (κ3) is 3.35. The van der Waals surface area contributed by atoms with Crippen molar-refractivity contribution in [3.63, 3.8) is 0 Å². The maximum atomic E-state index is 12.2. The van der Waals surface area contributed by atoms with Crippen LogP contribution >= 0.6 is 0 Å². The molecule has 1 aliphatic heterocycles. The van der Waals surface area contributed by atoms with Gasteiger partial charge in [0.2, 0.25) is 0 Å². The number of nitrogens with zero attached hydrogens (tertiary/aromatic N) is 1. The number of carbonyl (C=O) groups excluding carboxylic acids is 1. The molecule has 128 valence electrons. The van der Waals surface area contributed by atoms with E-state index < -0.39 is 21.0 Å². The molecular formula is C16H19N3O4S. The van der Waals surface area contributed by atoms with Crippen LogP contribution in [0.25, 0.3) is 11.3 Å². The number of carbonyl (C=O) groups is 1. The summed E-state index contributed by atoms with van der Waals surface area (Å²) in [5.74, 6) is 4.01. The van der Waals surface area contributed by atoms with E-state index >= 15 is 0 Å². The second-order valence-corrected chi connectivity index (χ2v) is 8.61. The summed E-state index contributed by atoms with van der Waals surface area (Å²) in [6.07, 6.45) is 0.335. The van der Waals surface area contributed by atoms with Gasteiger partial charge in [-0.1, -0.05) is 35.5 Å². The van der Waals surface area contributed by atoms with Crippen molar-refractivity contribution >= 4 is 21.3 Å². The second-order valence-electron chi connectivity index (χ2n) is 5.99. The van der Waals surface area contributed by atoms with Crippen LogP contribution in [-0.2, 0) is 20.9 Å². The van der Waals surface area contributed by atoms with E-state index in [0.717, 1.165) is 5.56 Å². The van der Waals surface area contributed by atoms with Gasteiger partial charge in [0.15, 0.2) is 5.76 Å². The highest BCUT2D eigenvalue weighted by Gasteiger charge is 2.45. The first-order valence-electron chi connectivity index (χ1n) is 7.47. The summed E-state index contributed by atoms with van der Waals surface area (Å²) in [5, 5.41) is 16.1. The molecule has 1 amide bonds. The summed E-state index contributed by atoms with van der Waals surface area (Å²) in [6.45, 7) is 0.225. The van der Waals surface area contributed by atoms with Gasteiger partial charge in [-0.2, -0.15) is 0 Å². The maximum Gasteiger partial charge on any atom is 0.264 e. The average molecular weight is 349 g/mol. The molecule has 1 aliphatic rings. The van der Waals surface area contributed by atoms with Crippen molar-refractivity contribution < 1.29 is 18.7 Å². The van der Waals surface area contributed by atoms with Gasteiger partial charge in [0.1, 0.15) is 11.2 Å². The van der Waals surface area contributed by atoms with E-state index in [2.05, 4.69) is 16.3 Å². The number of nitrogens with one attached hydrogen (secondary N) is 2. The van der Waals surface area contributed by atoms with Crippen molar-refractivity contribution in [2.24, 2.45) is 0 Å². The van der Waals surface area contributed by atoms with E-state index in [1.807, 2.05) is 30.3 Å². The summed E-state index contributed by atoms with van der Waals surface area (Å²) >= 11 is 0. The third-order valence-electron chi connectivity index (χ3n) is 4.18. The summed E-state index contributed by atoms with van der Waals surface area (Å²) in [4.78, 5) is 12.0. The monoisotopic (exact) mass is 349 g/mol. The number of aromatic nitrogens is 1. The zero-order valence-corrected chi connectivity index (χ0v) is 13.8. The van der Waals surface area contributed by atoms with Crippen LogP contribution in [0.2, 0.25) is 0 Å². The SMILES string of the molecule is C=S1(=O)CCC(NCc2cc(-c3ccccc3)no2)(C(=O)NO)C1. The largest absolute Gasteiger partial charge is 0.359 e. The van der Waals surface area contributed by atoms with Crippen LogP contribution in [0.3, 0.4) is 0 Å². The molecule has 1 saturated heterocycles. The first-order valence-corrected chi connectivity index (χ1v) is 9.54. The van der Waals surface area contributed by atoms with Crippen LogP contribution in [0.15, 0.2) is 40.9 Å². The molecule has 3 N–H and O–H groups in total. The first kappa shape index (κ1) is 16.7. The Balaban J connectivity index is 1.74. The average Bonchev–Trinajstić information content (AvgIpc) is 3.18. The van der Waals surface area contributed by atoms with Gasteiger partial charge in [0.05, 0.1) is 6.54 Å². The van der Waals surface area contributed by atoms with Crippen LogP contribution < -0.4 is 10.8 Å². The second kappa shape index (κ2) is 6.39. The van der Waals surface area contributed by atoms with Crippen molar-refractivity contribution in [3.8, 4) is 11.3 Å². The molecule has 0 radical (unpaired) electrons. The van der Waals surface area contributed by atoms with E-state index in [-0.39, 0.29) is 12.3 Å². The van der Waals surface area contributed by atoms with Crippen LogP contribution in [0.5, 0.6) is 0 Å². The summed E-state index contributed by atoms with van der Waals surface area (Å²) < 4.78 is 17.5. The van der Waals surface area contributed by atoms with Crippen molar-refractivity contribution in [2.75, 3.05) is 11.5 Å². The van der Waals surface area contributed by atoms with Gasteiger partial charge in [0.25, 0.3) is 5.91 Å². The molecule has 2 unspecified atom stereocenters. The van der Waals surface area contributed by atoms with Crippen LogP contribution in [0, 0.1) is 0 Å². The van der Waals surface area contributed by atoms with Gasteiger partial charge in [-0.3, -0.25) is 19.5 Å². The van der Waals surface area contributed by atoms with Crippen molar-refractivity contribution in [2.45, 2.75) is 18.5 Å². The Morgan fingerprint density at radius 1 is 1.42 bits per heavy atom. The molecule has 1 aromatic carbocycles. The van der Waals surface area contributed by atoms with Gasteiger partial charge in [-0.15, -0.1) is 0 Å². The minimum atomic E-state index is -2.33. The molecule has 3 rings (SSSR count). The highest BCUT2D eigenvalue weighted by atomic mass is 32.2. The molecule has 0 spiro atoms. The Labute approximate surface area is 140 Å². The van der Waals surface area contributed by atoms with Crippen molar-refractivity contribution in [3.05, 3.63) is 42.2 Å². The fraction of sp³-hybridized carbons (Fsp3) is 0.312. The number of rotatable bonds is 5. The Morgan fingerprint density at radius 3 is 2.79 bits per heavy atom. The summed E-state index contributed by atoms with van der Waals surface area (Å²) in [7, 11) is -2.33. The molecule has 1 aromatic heterocycles. The topological polar surface area (TPSA) is 104 Å². The predicted octanol–water partition coefficient (Wildman–Crippen LogP) is 0.795. The lowest BCUT2D eigenvalue weighted by Gasteiger charge is -2.26. The molecule has 24 heavy (non-hydrogen) atoms. The maximum absolute atomic E-state index is 12.2. The third-order valence-corrected chi connectivity index (χ3v) is 6.14. The normalized spacial score (nSPS) is 26.4. The lowest BCUT2D eigenvalue weighted by molar-refractivity contribution is -0.135. The zero-order chi connectivity index (χ0) is 17.2. The van der Waals surface area contributed by atoms with E-state index in [1.165, 1.54) is 0 Å². The number of hydroxylamine groups is 1. The molecule has 0 saturated carbocycles. The highest BCUT2D eigenvalue weighted by Crippen LogP contribution is 2.25. The quantitative estimate of drug-likeness (QED) is 0.419. The smallest absolute Gasteiger partial charge is 0.264 e. The van der Waals surface area contributed by atoms with Crippen LogP contribution in [0.4, 0.5) is 0 Å². The van der Waals surface area contributed by atoms with Crippen LogP contribution in [-0.4, -0.2) is 43.4 Å². The molecule has 0 aliphatic carbocycles. The van der Waals surface area contributed by atoms with Crippen LogP contribution in [0.1, 0.15) is 12.2 Å². The number of hydrogen-bond acceptors (Lipinski definition) is 6. The van der Waals surface area contributed by atoms with Gasteiger partial charge in [0, 0.05) is 23.1 Å². The number of amides is 1. The molecule has 8 heteroatoms. The zero-order valence-electron chi connectivity index (χ0n) is 13.0. The minimum Gasteiger partial charge on any atom is -0.359 e. The van der Waals surface area contributed by atoms with E-state index in [0.29, 0.717) is 23.6 Å². The Hall–Kier alpha value is -2.16. The van der Waals surface area contributed by atoms with E-state index in [1.54, 1.807) is 11.5 Å². The first-order chi connectivity index (χ1) is 11.4. The molecule has 1 fully saturated rings. The van der Waals surface area contributed by atoms with Gasteiger partial charge in [-0.25, -0.2) is 5.48 Å². The number of hydrogen-bond donors (Lipinski definition) is 3. The Morgan fingerprint density at radius 2 is 2.17 bits per heavy atom. The standard InChI is InChI=1S/C16H19N3O4S/c1-24(22)8-7-16(11-24,15(20)18-21)17-10-13-9-14(19-23-13)12-5-3-2-4-6-12/h2-6,9,17,21H,1,7-8,10-11H2,(H,18,20). The minimum absolute atomic E-state index is 0.0755. The molecular weight excluding hydrogens is 330 g/mol. The molecule has 2 aromatic rings. The lowest BCUT2D eigenvalue weighted by Crippen LogP contribution is -2.57. The molecule has 2 heterocycles. The van der Waals surface area contributed by atoms with Gasteiger partial charge >= 0.3 is 0 Å². The Bertz CT molecular complexity index is 832. The molecule has 2 atom stereocenters. The Kier molecular flexibility index (Phi) is 4.44. The van der Waals surface area contributed by atoms with Crippen molar-refractivity contribution in [1.82, 2.24) is 16.0 Å². The fourth-order valence-corrected chi connectivity index (χ4v) is 5.00. The summed E-state index contributed by atoms with van der Waals surface area (Å²) in [6, 6.07) is 11.4. The van der Waals surface area contributed by atoms with E-state index in [4.69, 9.17) is 9.73 Å². The summed E-state index contributed by atoms with van der Waals surface area (Å²) in [5.41, 5.74) is 2.16. The highest BCUT2D eigenvalue weighted by molar-refractivity contribution is 8.00. The van der Waals surface area contributed by atoms with Crippen molar-refractivity contribution in [1.29, 1.82) is 0 Å². The number of benzene rings is 1. The molecule has 7 nitrogen and oxygen atoms in total. The molecule has 0 bridgehead atoms. The van der Waals surface area contributed by atoms with Gasteiger partial charge < -0.3 is 4.52 Å². The lowest BCUT2D eigenvalue weighted by atomic mass is 9.98. The van der Waals surface area contributed by atoms with E-state index in [9.17, 15) is 9.00 Å². The fourth-order valence-electron chi connectivity index (χ4n) is 2.86. The predicted molar refractivity (Wildman–Crippen MR) is 91.1 cm³/mol. The van der Waals surface area contributed by atoms with Gasteiger partial charge in [-0.05, 0) is 21.8 Å².